The van der Waals surface area contributed by atoms with Crippen LogP contribution in [0.1, 0.15) is 47.2 Å². The molecule has 318 valence electrons. The molecule has 13 rings (SSSR count). The fourth-order valence-corrected chi connectivity index (χ4v) is 12.7. The molecule has 0 bridgehead atoms. The SMILES string of the molecule is CC1(C)c2ccccc2N(c2cc(-c3ccc(N(c4ccccc4)c4ccc5c(c4)C(c4ccccc4)(c4ccccc4)c4ccccc4-5)cc3)c3sc4ccccc4c3c2)c2ccccc21. The Morgan fingerprint density at radius 3 is 1.58 bits per heavy atom. The Labute approximate surface area is 396 Å². The van der Waals surface area contributed by atoms with Crippen molar-refractivity contribution in [3.05, 3.63) is 276 Å². The molecule has 0 radical (unpaired) electrons. The molecule has 2 nitrogen and oxygen atoms in total. The summed E-state index contributed by atoms with van der Waals surface area (Å²) < 4.78 is 2.59. The predicted octanol–water partition coefficient (Wildman–Crippen LogP) is 17.7. The lowest BCUT2D eigenvalue weighted by molar-refractivity contribution is 0.632. The maximum Gasteiger partial charge on any atom is 0.0714 e. The fraction of sp³-hybridized carbons (Fsp3) is 0.0625. The second-order valence-corrected chi connectivity index (χ2v) is 19.5. The first-order valence-corrected chi connectivity index (χ1v) is 24.1. The molecule has 1 aliphatic carbocycles. The average Bonchev–Trinajstić information content (AvgIpc) is 3.91. The highest BCUT2D eigenvalue weighted by Crippen LogP contribution is 2.58. The zero-order valence-electron chi connectivity index (χ0n) is 37.4. The van der Waals surface area contributed by atoms with Crippen LogP contribution in [0.2, 0.25) is 0 Å². The van der Waals surface area contributed by atoms with E-state index in [0.717, 1.165) is 22.7 Å². The van der Waals surface area contributed by atoms with Crippen LogP contribution >= 0.6 is 11.3 Å². The molecule has 11 aromatic rings. The molecule has 0 saturated heterocycles. The fourth-order valence-electron chi connectivity index (χ4n) is 11.5. The van der Waals surface area contributed by atoms with Gasteiger partial charge in [-0.15, -0.1) is 11.3 Å². The number of benzene rings is 10. The molecule has 1 aliphatic heterocycles. The monoisotopic (exact) mass is 874 g/mol. The number of anilines is 6. The molecule has 2 heterocycles. The van der Waals surface area contributed by atoms with Crippen LogP contribution in [-0.4, -0.2) is 0 Å². The zero-order chi connectivity index (χ0) is 44.7. The third-order valence-electron chi connectivity index (χ3n) is 14.5. The van der Waals surface area contributed by atoms with Gasteiger partial charge in [-0.05, 0) is 117 Å². The number of para-hydroxylation sites is 3. The van der Waals surface area contributed by atoms with Crippen LogP contribution in [0.15, 0.2) is 243 Å². The molecule has 1 aromatic heterocycles. The van der Waals surface area contributed by atoms with Gasteiger partial charge in [0.05, 0.1) is 16.8 Å². The summed E-state index contributed by atoms with van der Waals surface area (Å²) in [6, 6.07) is 90.0. The molecule has 0 N–H and O–H groups in total. The van der Waals surface area contributed by atoms with Crippen molar-refractivity contribution in [1.82, 2.24) is 0 Å². The highest BCUT2D eigenvalue weighted by molar-refractivity contribution is 7.26. The Balaban J connectivity index is 0.988. The van der Waals surface area contributed by atoms with Crippen molar-refractivity contribution in [2.45, 2.75) is 24.7 Å². The molecular formula is C64H46N2S. The number of hydrogen-bond acceptors (Lipinski definition) is 3. The van der Waals surface area contributed by atoms with Crippen LogP contribution in [0.4, 0.5) is 34.1 Å². The molecule has 0 unspecified atom stereocenters. The third-order valence-corrected chi connectivity index (χ3v) is 15.7. The standard InChI is InChI=1S/C64H46N2S/c1-63(2)56-29-15-17-31-59(56)66(60-32-18-16-30-57(60)63)49-40-53(62-54(41-49)52-27-13-19-33-61(52)67-62)43-34-36-47(37-35-43)65(46-24-10-5-11-25-46)48-38-39-51-50-26-12-14-28-55(50)64(58(51)42-48,44-20-6-3-7-21-44)45-22-8-4-9-23-45/h3-42H,1-2H3. The maximum absolute atomic E-state index is 2.49. The van der Waals surface area contributed by atoms with Crippen molar-refractivity contribution >= 4 is 65.6 Å². The quantitative estimate of drug-likeness (QED) is 0.157. The van der Waals surface area contributed by atoms with E-state index in [2.05, 4.69) is 266 Å². The van der Waals surface area contributed by atoms with E-state index >= 15 is 0 Å². The summed E-state index contributed by atoms with van der Waals surface area (Å²) in [4.78, 5) is 4.91. The van der Waals surface area contributed by atoms with Crippen LogP contribution in [0.25, 0.3) is 42.4 Å². The van der Waals surface area contributed by atoms with E-state index < -0.39 is 5.41 Å². The van der Waals surface area contributed by atoms with Gasteiger partial charge in [0.1, 0.15) is 0 Å². The summed E-state index contributed by atoms with van der Waals surface area (Å²) in [5.74, 6) is 0. The molecule has 0 fully saturated rings. The van der Waals surface area contributed by atoms with E-state index in [1.807, 2.05) is 11.3 Å². The number of nitrogens with zero attached hydrogens (tertiary/aromatic N) is 2. The second-order valence-electron chi connectivity index (χ2n) is 18.4. The molecule has 0 saturated carbocycles. The van der Waals surface area contributed by atoms with Crippen LogP contribution < -0.4 is 9.80 Å². The van der Waals surface area contributed by atoms with Gasteiger partial charge >= 0.3 is 0 Å². The van der Waals surface area contributed by atoms with Gasteiger partial charge < -0.3 is 9.80 Å². The van der Waals surface area contributed by atoms with Gasteiger partial charge in [0.25, 0.3) is 0 Å². The average molecular weight is 875 g/mol. The van der Waals surface area contributed by atoms with Gasteiger partial charge in [0.2, 0.25) is 0 Å². The molecule has 10 aromatic carbocycles. The molecule has 67 heavy (non-hydrogen) atoms. The first-order chi connectivity index (χ1) is 33.0. The summed E-state index contributed by atoms with van der Waals surface area (Å²) >= 11 is 1.89. The largest absolute Gasteiger partial charge is 0.310 e. The van der Waals surface area contributed by atoms with Crippen LogP contribution in [0, 0.1) is 0 Å². The summed E-state index contributed by atoms with van der Waals surface area (Å²) in [7, 11) is 0. The van der Waals surface area contributed by atoms with Gasteiger partial charge in [-0.1, -0.05) is 190 Å². The van der Waals surface area contributed by atoms with Crippen molar-refractivity contribution in [2.75, 3.05) is 9.80 Å². The van der Waals surface area contributed by atoms with Gasteiger partial charge in [-0.3, -0.25) is 0 Å². The normalized spacial score (nSPS) is 14.0. The first-order valence-electron chi connectivity index (χ1n) is 23.3. The third kappa shape index (κ3) is 5.94. The van der Waals surface area contributed by atoms with Crippen molar-refractivity contribution in [3.63, 3.8) is 0 Å². The topological polar surface area (TPSA) is 6.48 Å². The minimum atomic E-state index is -0.498. The number of hydrogen-bond donors (Lipinski definition) is 0. The highest BCUT2D eigenvalue weighted by atomic mass is 32.1. The Morgan fingerprint density at radius 2 is 0.910 bits per heavy atom. The van der Waals surface area contributed by atoms with Gasteiger partial charge in [0.15, 0.2) is 0 Å². The zero-order valence-corrected chi connectivity index (χ0v) is 38.2. The summed E-state index contributed by atoms with van der Waals surface area (Å²) in [6.07, 6.45) is 0. The molecule has 2 aliphatic rings. The van der Waals surface area contributed by atoms with Crippen LogP contribution in [0.5, 0.6) is 0 Å². The lowest BCUT2D eigenvalue weighted by atomic mass is 9.67. The number of rotatable bonds is 7. The van der Waals surface area contributed by atoms with E-state index in [1.54, 1.807) is 0 Å². The minimum Gasteiger partial charge on any atom is -0.310 e. The lowest BCUT2D eigenvalue weighted by Gasteiger charge is -2.42. The Kier molecular flexibility index (Phi) is 9.00. The summed E-state index contributed by atoms with van der Waals surface area (Å²) in [5.41, 5.74) is 19.0. The Hall–Kier alpha value is -7.98. The van der Waals surface area contributed by atoms with Gasteiger partial charge in [-0.2, -0.15) is 0 Å². The number of thiophene rings is 1. The molecule has 0 spiro atoms. The Bertz CT molecular complexity index is 3580. The van der Waals surface area contributed by atoms with Crippen molar-refractivity contribution in [3.8, 4) is 22.3 Å². The second kappa shape index (κ2) is 15.3. The molecule has 0 atom stereocenters. The summed E-state index contributed by atoms with van der Waals surface area (Å²) in [6.45, 7) is 4.71. The minimum absolute atomic E-state index is 0.139. The Morgan fingerprint density at radius 1 is 0.388 bits per heavy atom. The highest BCUT2D eigenvalue weighted by Gasteiger charge is 2.46. The van der Waals surface area contributed by atoms with Crippen molar-refractivity contribution < 1.29 is 0 Å². The molecule has 3 heteroatoms. The smallest absolute Gasteiger partial charge is 0.0714 e. The van der Waals surface area contributed by atoms with Gasteiger partial charge in [0, 0.05) is 53.9 Å². The predicted molar refractivity (Wildman–Crippen MR) is 284 cm³/mol. The molecule has 0 amide bonds. The van der Waals surface area contributed by atoms with E-state index in [4.69, 9.17) is 0 Å². The van der Waals surface area contributed by atoms with Crippen molar-refractivity contribution in [1.29, 1.82) is 0 Å². The maximum atomic E-state index is 2.49. The summed E-state index contributed by atoms with van der Waals surface area (Å²) in [5, 5.41) is 2.57. The molecular weight excluding hydrogens is 829 g/mol. The van der Waals surface area contributed by atoms with E-state index in [1.165, 1.54) is 87.2 Å². The van der Waals surface area contributed by atoms with E-state index in [0.29, 0.717) is 0 Å². The lowest BCUT2D eigenvalue weighted by Crippen LogP contribution is -2.30. The first kappa shape index (κ1) is 39.4. The van der Waals surface area contributed by atoms with Crippen LogP contribution in [-0.2, 0) is 10.8 Å². The van der Waals surface area contributed by atoms with Gasteiger partial charge in [-0.25, -0.2) is 0 Å². The van der Waals surface area contributed by atoms with E-state index in [-0.39, 0.29) is 5.41 Å². The van der Waals surface area contributed by atoms with Crippen molar-refractivity contribution in [2.24, 2.45) is 0 Å². The number of fused-ring (bicyclic) bond motifs is 8. The van der Waals surface area contributed by atoms with Crippen LogP contribution in [0.3, 0.4) is 0 Å². The van der Waals surface area contributed by atoms with E-state index in [9.17, 15) is 0 Å².